The van der Waals surface area contributed by atoms with Gasteiger partial charge in [0.1, 0.15) is 0 Å². The third-order valence-corrected chi connectivity index (χ3v) is 11.5. The van der Waals surface area contributed by atoms with E-state index in [1.165, 1.54) is 18.1 Å². The first kappa shape index (κ1) is 16.2. The van der Waals surface area contributed by atoms with Crippen LogP contribution >= 0.6 is 0 Å². The summed E-state index contributed by atoms with van der Waals surface area (Å²) in [6.07, 6.45) is 10.8. The number of carbonyl (C=O) groups is 1. The van der Waals surface area contributed by atoms with E-state index < -0.39 is 8.32 Å². The Kier molecular flexibility index (Phi) is 4.24. The molecule has 3 aliphatic rings. The molecule has 0 aromatic heterocycles. The fraction of sp³-hybridized carbons (Fsp3) is 0.737. The molecule has 1 saturated carbocycles. The number of hydrogen-bond acceptors (Lipinski definition) is 2. The van der Waals surface area contributed by atoms with E-state index in [2.05, 4.69) is 45.9 Å². The minimum absolute atomic E-state index is 0.178. The lowest BCUT2D eigenvalue weighted by atomic mass is 9.66. The molecule has 0 N–H and O–H groups in total. The predicted molar refractivity (Wildman–Crippen MR) is 93.2 cm³/mol. The summed E-state index contributed by atoms with van der Waals surface area (Å²) in [6, 6.07) is 3.51. The van der Waals surface area contributed by atoms with Crippen molar-refractivity contribution in [1.29, 1.82) is 0 Å². The van der Waals surface area contributed by atoms with E-state index in [9.17, 15) is 4.79 Å². The number of carbonyl (C=O) groups excluding carboxylic acids is 1. The largest absolute Gasteiger partial charge is 0.408 e. The summed E-state index contributed by atoms with van der Waals surface area (Å²) >= 11 is 0. The van der Waals surface area contributed by atoms with Gasteiger partial charge in [-0.3, -0.25) is 4.79 Å². The molecule has 0 radical (unpaired) electrons. The summed E-state index contributed by atoms with van der Waals surface area (Å²) in [5.41, 5.74) is -0.197. The lowest BCUT2D eigenvalue weighted by Gasteiger charge is -2.49. The van der Waals surface area contributed by atoms with E-state index in [-0.39, 0.29) is 11.5 Å². The molecule has 4 unspecified atom stereocenters. The molecule has 3 rings (SSSR count). The van der Waals surface area contributed by atoms with Crippen molar-refractivity contribution in [3.05, 3.63) is 24.3 Å². The van der Waals surface area contributed by atoms with E-state index in [1.54, 1.807) is 0 Å². The Bertz CT molecular complexity index is 497. The molecular weight excluding hydrogens is 288 g/mol. The molecule has 5 atom stereocenters. The van der Waals surface area contributed by atoms with Crippen LogP contribution in [0.25, 0.3) is 0 Å². The van der Waals surface area contributed by atoms with Gasteiger partial charge in [-0.2, -0.15) is 0 Å². The van der Waals surface area contributed by atoms with Gasteiger partial charge in [0.05, 0.1) is 5.60 Å². The van der Waals surface area contributed by atoms with Gasteiger partial charge in [-0.15, -0.1) is 0 Å². The Morgan fingerprint density at radius 2 is 1.77 bits per heavy atom. The van der Waals surface area contributed by atoms with Gasteiger partial charge >= 0.3 is 0 Å². The molecule has 3 aliphatic carbocycles. The van der Waals surface area contributed by atoms with Crippen LogP contribution in [-0.4, -0.2) is 19.7 Å². The average Bonchev–Trinajstić information content (AvgIpc) is 3.18. The maximum atomic E-state index is 12.5. The highest BCUT2D eigenvalue weighted by atomic mass is 28.4. The number of allylic oxidation sites excluding steroid dienone is 3. The van der Waals surface area contributed by atoms with Crippen LogP contribution in [0.15, 0.2) is 24.3 Å². The van der Waals surface area contributed by atoms with Crippen molar-refractivity contribution < 1.29 is 9.22 Å². The zero-order valence-electron chi connectivity index (χ0n) is 14.5. The SMILES string of the molecule is CC[C@@]1(O[Si](CC)(CC)CC)C=CC(=O)C2C3C=CC(C3)C21. The summed E-state index contributed by atoms with van der Waals surface area (Å²) in [4.78, 5) is 12.5. The molecule has 0 saturated heterocycles. The van der Waals surface area contributed by atoms with Crippen LogP contribution in [0.3, 0.4) is 0 Å². The molecule has 0 amide bonds. The summed E-state index contributed by atoms with van der Waals surface area (Å²) < 4.78 is 7.04. The van der Waals surface area contributed by atoms with E-state index >= 15 is 0 Å². The smallest absolute Gasteiger partial charge is 0.193 e. The van der Waals surface area contributed by atoms with Crippen molar-refractivity contribution >= 4 is 14.1 Å². The molecular formula is C19H30O2Si. The molecule has 0 spiro atoms. The average molecular weight is 319 g/mol. The molecule has 0 aliphatic heterocycles. The third kappa shape index (κ3) is 2.20. The normalized spacial score (nSPS) is 39.5. The Balaban J connectivity index is 1.99. The Morgan fingerprint density at radius 3 is 2.36 bits per heavy atom. The van der Waals surface area contributed by atoms with Crippen LogP contribution in [0.2, 0.25) is 18.1 Å². The molecule has 122 valence electrons. The van der Waals surface area contributed by atoms with Crippen LogP contribution in [0, 0.1) is 23.7 Å². The molecule has 0 aromatic carbocycles. The van der Waals surface area contributed by atoms with Crippen LogP contribution in [-0.2, 0) is 9.22 Å². The highest BCUT2D eigenvalue weighted by Crippen LogP contribution is 2.57. The molecule has 3 heteroatoms. The Morgan fingerprint density at radius 1 is 1.14 bits per heavy atom. The van der Waals surface area contributed by atoms with Crippen LogP contribution < -0.4 is 0 Å². The number of hydrogen-bond donors (Lipinski definition) is 0. The van der Waals surface area contributed by atoms with E-state index in [0.29, 0.717) is 23.5 Å². The van der Waals surface area contributed by atoms with Gasteiger partial charge < -0.3 is 4.43 Å². The van der Waals surface area contributed by atoms with Crippen molar-refractivity contribution in [1.82, 2.24) is 0 Å². The van der Waals surface area contributed by atoms with Crippen LogP contribution in [0.4, 0.5) is 0 Å². The molecule has 1 fully saturated rings. The second-order valence-corrected chi connectivity index (χ2v) is 12.1. The third-order valence-electron chi connectivity index (χ3n) is 6.77. The van der Waals surface area contributed by atoms with Crippen LogP contribution in [0.1, 0.15) is 40.5 Å². The second-order valence-electron chi connectivity index (χ2n) is 7.39. The lowest BCUT2D eigenvalue weighted by Crippen LogP contribution is -2.55. The minimum Gasteiger partial charge on any atom is -0.408 e. The number of fused-ring (bicyclic) bond motifs is 5. The van der Waals surface area contributed by atoms with Gasteiger partial charge in [-0.1, -0.05) is 45.9 Å². The quantitative estimate of drug-likeness (QED) is 0.522. The first-order valence-electron chi connectivity index (χ1n) is 9.16. The number of ketones is 1. The van der Waals surface area contributed by atoms with Crippen molar-refractivity contribution in [2.24, 2.45) is 23.7 Å². The highest BCUT2D eigenvalue weighted by Gasteiger charge is 2.58. The molecule has 22 heavy (non-hydrogen) atoms. The van der Waals surface area contributed by atoms with E-state index in [0.717, 1.165) is 12.8 Å². The highest BCUT2D eigenvalue weighted by molar-refractivity contribution is 6.73. The lowest BCUT2D eigenvalue weighted by molar-refractivity contribution is -0.125. The zero-order chi connectivity index (χ0) is 16.0. The van der Waals surface area contributed by atoms with Gasteiger partial charge in [0, 0.05) is 11.8 Å². The monoisotopic (exact) mass is 318 g/mol. The van der Waals surface area contributed by atoms with Crippen LogP contribution in [0.5, 0.6) is 0 Å². The standard InChI is InChI=1S/C19H30O2Si/c1-5-19(21-22(6-2,7-3)8-4)12-11-16(20)17-14-9-10-15(13-14)18(17)19/h9-12,14-15,17-18H,5-8,13H2,1-4H3/t14?,15?,17?,18?,19-/m1/s1. The van der Waals surface area contributed by atoms with Gasteiger partial charge in [-0.25, -0.2) is 0 Å². The van der Waals surface area contributed by atoms with Crippen molar-refractivity contribution in [2.45, 2.75) is 64.3 Å². The fourth-order valence-electron chi connectivity index (χ4n) is 5.22. The van der Waals surface area contributed by atoms with Gasteiger partial charge in [0.25, 0.3) is 0 Å². The Hall–Kier alpha value is -0.673. The molecule has 2 bridgehead atoms. The first-order chi connectivity index (χ1) is 10.5. The zero-order valence-corrected chi connectivity index (χ0v) is 15.5. The maximum absolute atomic E-state index is 12.5. The van der Waals surface area contributed by atoms with Gasteiger partial charge in [0.2, 0.25) is 0 Å². The maximum Gasteiger partial charge on any atom is 0.193 e. The van der Waals surface area contributed by atoms with Crippen molar-refractivity contribution in [3.8, 4) is 0 Å². The molecule has 0 heterocycles. The Labute approximate surface area is 136 Å². The number of rotatable bonds is 6. The fourth-order valence-corrected chi connectivity index (χ4v) is 8.31. The van der Waals surface area contributed by atoms with Crippen molar-refractivity contribution in [3.63, 3.8) is 0 Å². The summed E-state index contributed by atoms with van der Waals surface area (Å²) in [5, 5.41) is 0. The summed E-state index contributed by atoms with van der Waals surface area (Å²) in [5.74, 6) is 1.90. The first-order valence-corrected chi connectivity index (χ1v) is 11.7. The van der Waals surface area contributed by atoms with E-state index in [4.69, 9.17) is 4.43 Å². The van der Waals surface area contributed by atoms with Gasteiger partial charge in [-0.05, 0) is 48.9 Å². The topological polar surface area (TPSA) is 26.3 Å². The minimum atomic E-state index is -1.69. The van der Waals surface area contributed by atoms with Gasteiger partial charge in [0.15, 0.2) is 14.1 Å². The predicted octanol–water partition coefficient (Wildman–Crippen LogP) is 4.73. The summed E-state index contributed by atoms with van der Waals surface area (Å²) in [7, 11) is -1.69. The van der Waals surface area contributed by atoms with E-state index in [1.807, 2.05) is 6.08 Å². The molecule has 2 nitrogen and oxygen atoms in total. The molecule has 0 aromatic rings. The van der Waals surface area contributed by atoms with Crippen molar-refractivity contribution in [2.75, 3.05) is 0 Å². The summed E-state index contributed by atoms with van der Waals surface area (Å²) in [6.45, 7) is 9.11. The second kappa shape index (κ2) is 5.75.